The van der Waals surface area contributed by atoms with Gasteiger partial charge in [0, 0.05) is 16.5 Å². The lowest BCUT2D eigenvalue weighted by molar-refractivity contribution is 0.667. The van der Waals surface area contributed by atoms with E-state index in [4.69, 9.17) is 14.4 Å². The molecule has 0 aliphatic heterocycles. The molecule has 3 heteroatoms. The fraction of sp³-hybridized carbons (Fsp3) is 0.0204. The van der Waals surface area contributed by atoms with E-state index >= 15 is 0 Å². The quantitative estimate of drug-likeness (QED) is 0.185. The van der Waals surface area contributed by atoms with Crippen LogP contribution in [-0.4, -0.2) is 9.97 Å². The summed E-state index contributed by atoms with van der Waals surface area (Å²) >= 11 is 0. The highest BCUT2D eigenvalue weighted by molar-refractivity contribution is 6.10. The summed E-state index contributed by atoms with van der Waals surface area (Å²) in [5, 5.41) is 6.03. The number of nitrogens with zero attached hydrogens (tertiary/aromatic N) is 2. The molecule has 0 bridgehead atoms. The van der Waals surface area contributed by atoms with Crippen LogP contribution in [0.2, 0.25) is 0 Å². The molecule has 10 aromatic rings. The summed E-state index contributed by atoms with van der Waals surface area (Å²) in [5.41, 5.74) is 14.9. The SMILES string of the molecule is c1ccc(-c2nc(-c3ccc4c(c3)C3(c5ccccc5-4)c4c(ccc5ccccc45)-c4ccc5ccccc5c43)nc3c2oc2ccccc23)cc1. The predicted molar refractivity (Wildman–Crippen MR) is 211 cm³/mol. The number of aromatic nitrogens is 2. The number of hydrogen-bond donors (Lipinski definition) is 0. The van der Waals surface area contributed by atoms with Gasteiger partial charge in [-0.1, -0.05) is 152 Å². The molecule has 240 valence electrons. The summed E-state index contributed by atoms with van der Waals surface area (Å²) in [6, 6.07) is 61.4. The maximum Gasteiger partial charge on any atom is 0.180 e. The minimum Gasteiger partial charge on any atom is -0.452 e. The minimum atomic E-state index is -0.553. The van der Waals surface area contributed by atoms with Gasteiger partial charge in [0.05, 0.1) is 5.41 Å². The van der Waals surface area contributed by atoms with Gasteiger partial charge in [0.2, 0.25) is 0 Å². The van der Waals surface area contributed by atoms with Crippen LogP contribution in [0.3, 0.4) is 0 Å². The molecular formula is C49H28N2O. The molecule has 0 saturated carbocycles. The molecule has 0 amide bonds. The standard InChI is InChI=1S/C49H28N2O/c1-2-14-31(15-3-1)45-47-46(39-19-9-11-21-42(39)52-47)51-48(50-45)32-24-25-36-35-18-8-10-20-40(35)49(41(36)28-32)43-33-16-6-4-12-29(33)22-26-37(43)38-27-23-30-13-5-7-17-34(30)44(38)49/h1-28H. The van der Waals surface area contributed by atoms with E-state index < -0.39 is 5.41 Å². The number of benzene rings is 8. The van der Waals surface area contributed by atoms with Crippen molar-refractivity contribution in [3.8, 4) is 44.9 Å². The molecule has 2 aromatic heterocycles. The molecule has 8 aromatic carbocycles. The first-order valence-corrected chi connectivity index (χ1v) is 17.8. The van der Waals surface area contributed by atoms with E-state index in [1.807, 2.05) is 36.4 Å². The average Bonchev–Trinajstić information content (AvgIpc) is 3.84. The first kappa shape index (κ1) is 27.9. The van der Waals surface area contributed by atoms with Gasteiger partial charge in [-0.25, -0.2) is 9.97 Å². The van der Waals surface area contributed by atoms with Gasteiger partial charge >= 0.3 is 0 Å². The molecule has 0 unspecified atom stereocenters. The Bertz CT molecular complexity index is 3050. The summed E-state index contributed by atoms with van der Waals surface area (Å²) in [4.78, 5) is 10.6. The Morgan fingerprint density at radius 2 is 1.02 bits per heavy atom. The minimum absolute atomic E-state index is 0.553. The van der Waals surface area contributed by atoms with Gasteiger partial charge in [-0.2, -0.15) is 0 Å². The maximum absolute atomic E-state index is 6.46. The third-order valence-corrected chi connectivity index (χ3v) is 11.5. The molecule has 0 saturated heterocycles. The lowest BCUT2D eigenvalue weighted by Crippen LogP contribution is -2.26. The van der Waals surface area contributed by atoms with Crippen LogP contribution in [0.5, 0.6) is 0 Å². The van der Waals surface area contributed by atoms with Gasteiger partial charge < -0.3 is 4.42 Å². The van der Waals surface area contributed by atoms with E-state index in [2.05, 4.69) is 133 Å². The Morgan fingerprint density at radius 3 is 1.77 bits per heavy atom. The van der Waals surface area contributed by atoms with Crippen LogP contribution >= 0.6 is 0 Å². The molecule has 3 nitrogen and oxygen atoms in total. The van der Waals surface area contributed by atoms with E-state index in [-0.39, 0.29) is 0 Å². The number of hydrogen-bond acceptors (Lipinski definition) is 3. The Hall–Kier alpha value is -6.84. The zero-order valence-corrected chi connectivity index (χ0v) is 28.0. The highest BCUT2D eigenvalue weighted by Crippen LogP contribution is 2.65. The predicted octanol–water partition coefficient (Wildman–Crippen LogP) is 12.4. The lowest BCUT2D eigenvalue weighted by Gasteiger charge is -2.32. The van der Waals surface area contributed by atoms with Crippen molar-refractivity contribution in [3.63, 3.8) is 0 Å². The van der Waals surface area contributed by atoms with Gasteiger partial charge in [0.25, 0.3) is 0 Å². The number of furan rings is 1. The van der Waals surface area contributed by atoms with Crippen molar-refractivity contribution >= 4 is 43.6 Å². The summed E-state index contributed by atoms with van der Waals surface area (Å²) in [7, 11) is 0. The van der Waals surface area contributed by atoms with Crippen molar-refractivity contribution in [1.29, 1.82) is 0 Å². The average molecular weight is 661 g/mol. The first-order chi connectivity index (χ1) is 25.8. The van der Waals surface area contributed by atoms with Crippen LogP contribution in [0.15, 0.2) is 174 Å². The number of fused-ring (bicyclic) bond motifs is 17. The Morgan fingerprint density at radius 1 is 0.423 bits per heavy atom. The van der Waals surface area contributed by atoms with Crippen LogP contribution in [0.1, 0.15) is 22.3 Å². The topological polar surface area (TPSA) is 38.9 Å². The van der Waals surface area contributed by atoms with E-state index in [1.54, 1.807) is 0 Å². The molecule has 2 aliphatic rings. The van der Waals surface area contributed by atoms with E-state index in [1.165, 1.54) is 66.1 Å². The first-order valence-electron chi connectivity index (χ1n) is 17.8. The smallest absolute Gasteiger partial charge is 0.180 e. The van der Waals surface area contributed by atoms with Gasteiger partial charge in [-0.3, -0.25) is 0 Å². The Balaban J connectivity index is 1.22. The van der Waals surface area contributed by atoms with Crippen LogP contribution in [0.4, 0.5) is 0 Å². The second-order valence-corrected chi connectivity index (χ2v) is 14.0. The van der Waals surface area contributed by atoms with E-state index in [0.29, 0.717) is 11.4 Å². The van der Waals surface area contributed by atoms with Crippen molar-refractivity contribution in [2.45, 2.75) is 5.41 Å². The largest absolute Gasteiger partial charge is 0.452 e. The van der Waals surface area contributed by atoms with Crippen LogP contribution in [-0.2, 0) is 5.41 Å². The normalized spacial score (nSPS) is 13.5. The third-order valence-electron chi connectivity index (χ3n) is 11.5. The molecule has 0 N–H and O–H groups in total. The fourth-order valence-electron chi connectivity index (χ4n) is 9.39. The van der Waals surface area contributed by atoms with E-state index in [9.17, 15) is 0 Å². The second kappa shape index (κ2) is 10.1. The highest BCUT2D eigenvalue weighted by atomic mass is 16.3. The maximum atomic E-state index is 6.46. The molecule has 52 heavy (non-hydrogen) atoms. The van der Waals surface area contributed by atoms with Gasteiger partial charge in [-0.15, -0.1) is 0 Å². The van der Waals surface area contributed by atoms with Crippen LogP contribution < -0.4 is 0 Å². The Labute approximate surface area is 299 Å². The van der Waals surface area contributed by atoms with Crippen molar-refractivity contribution in [3.05, 3.63) is 192 Å². The summed E-state index contributed by atoms with van der Waals surface area (Å²) in [5.74, 6) is 0.682. The molecular weight excluding hydrogens is 633 g/mol. The number of rotatable bonds is 2. The van der Waals surface area contributed by atoms with Crippen molar-refractivity contribution in [2.75, 3.05) is 0 Å². The van der Waals surface area contributed by atoms with Crippen LogP contribution in [0, 0.1) is 0 Å². The summed E-state index contributed by atoms with van der Waals surface area (Å²) in [6.07, 6.45) is 0. The van der Waals surface area contributed by atoms with Crippen molar-refractivity contribution in [2.24, 2.45) is 0 Å². The monoisotopic (exact) mass is 660 g/mol. The van der Waals surface area contributed by atoms with Gasteiger partial charge in [0.1, 0.15) is 16.8 Å². The molecule has 1 spiro atoms. The fourth-order valence-corrected chi connectivity index (χ4v) is 9.39. The second-order valence-electron chi connectivity index (χ2n) is 14.0. The zero-order valence-electron chi connectivity index (χ0n) is 28.0. The molecule has 0 atom stereocenters. The zero-order chi connectivity index (χ0) is 34.0. The van der Waals surface area contributed by atoms with Gasteiger partial charge in [0.15, 0.2) is 11.4 Å². The summed E-state index contributed by atoms with van der Waals surface area (Å²) in [6.45, 7) is 0. The number of para-hydroxylation sites is 1. The molecule has 0 fully saturated rings. The highest BCUT2D eigenvalue weighted by Gasteiger charge is 2.53. The van der Waals surface area contributed by atoms with Crippen molar-refractivity contribution < 1.29 is 4.42 Å². The van der Waals surface area contributed by atoms with Gasteiger partial charge in [-0.05, 0) is 84.3 Å². The molecule has 0 radical (unpaired) electrons. The van der Waals surface area contributed by atoms with E-state index in [0.717, 1.165) is 33.3 Å². The third kappa shape index (κ3) is 3.49. The molecule has 2 heterocycles. The Kier molecular flexibility index (Phi) is 5.43. The van der Waals surface area contributed by atoms with Crippen LogP contribution in [0.25, 0.3) is 88.5 Å². The molecule has 12 rings (SSSR count). The molecule has 2 aliphatic carbocycles. The lowest BCUT2D eigenvalue weighted by atomic mass is 9.68. The van der Waals surface area contributed by atoms with Crippen molar-refractivity contribution in [1.82, 2.24) is 9.97 Å². The summed E-state index contributed by atoms with van der Waals surface area (Å²) < 4.78 is 6.46.